The maximum Gasteiger partial charge on any atom is 0.408 e. The molecule has 38 heavy (non-hydrogen) atoms. The molecule has 0 bridgehead atoms. The molecule has 0 heterocycles. The molecule has 8 nitrogen and oxygen atoms in total. The Bertz CT molecular complexity index is 1070. The Hall–Kier alpha value is -3.20. The quantitative estimate of drug-likeness (QED) is 0.363. The Balaban J connectivity index is 2.47. The van der Waals surface area contributed by atoms with Crippen LogP contribution in [0.25, 0.3) is 0 Å². The molecule has 3 amide bonds. The number of hydrogen-bond donors (Lipinski definition) is 2. The number of carbonyl (C=O) groups is 3. The second-order valence-electron chi connectivity index (χ2n) is 9.99. The first kappa shape index (κ1) is 31.0. The number of aryl methyl sites for hydroxylation is 1. The third kappa shape index (κ3) is 9.28. The highest BCUT2D eigenvalue weighted by molar-refractivity contribution is 7.98. The highest BCUT2D eigenvalue weighted by Crippen LogP contribution is 2.28. The van der Waals surface area contributed by atoms with Gasteiger partial charge in [0, 0.05) is 12.2 Å². The van der Waals surface area contributed by atoms with Gasteiger partial charge >= 0.3 is 6.09 Å². The van der Waals surface area contributed by atoms with Crippen LogP contribution in [0.4, 0.5) is 10.5 Å². The lowest BCUT2D eigenvalue weighted by atomic mass is 9.97. The number of hydrogen-bond acceptors (Lipinski definition) is 6. The average molecular weight is 544 g/mol. The van der Waals surface area contributed by atoms with E-state index in [-0.39, 0.29) is 11.8 Å². The maximum atomic E-state index is 14.1. The summed E-state index contributed by atoms with van der Waals surface area (Å²) in [4.78, 5) is 42.1. The number of anilines is 1. The molecule has 2 rings (SSSR count). The molecule has 2 aromatic carbocycles. The summed E-state index contributed by atoms with van der Waals surface area (Å²) in [5.74, 6) is 0.655. The Labute approximate surface area is 230 Å². The van der Waals surface area contributed by atoms with Gasteiger partial charge in [-0.2, -0.15) is 11.8 Å². The van der Waals surface area contributed by atoms with Crippen molar-refractivity contribution in [3.8, 4) is 5.75 Å². The van der Waals surface area contributed by atoms with Gasteiger partial charge in [-0.05, 0) is 87.9 Å². The Morgan fingerprint density at radius 1 is 1.05 bits per heavy atom. The molecule has 208 valence electrons. The first-order chi connectivity index (χ1) is 18.0. The van der Waals surface area contributed by atoms with E-state index in [2.05, 4.69) is 10.6 Å². The minimum Gasteiger partial charge on any atom is -0.497 e. The van der Waals surface area contributed by atoms with Gasteiger partial charge in [0.15, 0.2) is 0 Å². The van der Waals surface area contributed by atoms with Crippen molar-refractivity contribution in [3.63, 3.8) is 0 Å². The smallest absolute Gasteiger partial charge is 0.408 e. The normalized spacial score (nSPS) is 12.7. The van der Waals surface area contributed by atoms with E-state index in [1.54, 1.807) is 68.8 Å². The number of nitrogens with zero attached hydrogens (tertiary/aromatic N) is 1. The summed E-state index contributed by atoms with van der Waals surface area (Å²) >= 11 is 1.58. The van der Waals surface area contributed by atoms with Gasteiger partial charge in [-0.25, -0.2) is 4.79 Å². The lowest BCUT2D eigenvalue weighted by molar-refractivity contribution is -0.140. The number of amides is 3. The van der Waals surface area contributed by atoms with Gasteiger partial charge in [-0.15, -0.1) is 0 Å². The highest BCUT2D eigenvalue weighted by Gasteiger charge is 2.36. The fourth-order valence-corrected chi connectivity index (χ4v) is 4.45. The topological polar surface area (TPSA) is 97.0 Å². The Morgan fingerprint density at radius 3 is 2.26 bits per heavy atom. The number of alkyl carbamates (subject to hydrolysis) is 1. The Morgan fingerprint density at radius 2 is 1.71 bits per heavy atom. The van der Waals surface area contributed by atoms with Gasteiger partial charge in [0.2, 0.25) is 5.91 Å². The second kappa shape index (κ2) is 14.7. The van der Waals surface area contributed by atoms with E-state index in [4.69, 9.17) is 9.47 Å². The van der Waals surface area contributed by atoms with Crippen molar-refractivity contribution in [2.75, 3.05) is 31.0 Å². The number of methoxy groups -OCH3 is 1. The SMILES string of the molecule is CCCN(C(=O)C(CCSC)NC(=O)OC(C)(C)C)C(C(=O)Nc1ccc(OC)cc1)c1ccccc1C. The fraction of sp³-hybridized carbons (Fsp3) is 0.483. The Kier molecular flexibility index (Phi) is 12.0. The first-order valence-electron chi connectivity index (χ1n) is 12.8. The van der Waals surface area contributed by atoms with Crippen molar-refractivity contribution in [3.05, 3.63) is 59.7 Å². The van der Waals surface area contributed by atoms with Crippen molar-refractivity contribution in [1.29, 1.82) is 0 Å². The van der Waals surface area contributed by atoms with Crippen LogP contribution in [-0.2, 0) is 14.3 Å². The number of nitrogens with one attached hydrogen (secondary N) is 2. The fourth-order valence-electron chi connectivity index (χ4n) is 3.98. The zero-order valence-electron chi connectivity index (χ0n) is 23.5. The van der Waals surface area contributed by atoms with Crippen LogP contribution >= 0.6 is 11.8 Å². The van der Waals surface area contributed by atoms with Gasteiger partial charge in [0.05, 0.1) is 7.11 Å². The first-order valence-corrected chi connectivity index (χ1v) is 14.2. The summed E-state index contributed by atoms with van der Waals surface area (Å²) in [5, 5.41) is 5.72. The molecule has 2 aromatic rings. The van der Waals surface area contributed by atoms with Gasteiger partial charge in [0.1, 0.15) is 23.4 Å². The third-order valence-corrected chi connectivity index (χ3v) is 6.39. The van der Waals surface area contributed by atoms with Gasteiger partial charge < -0.3 is 25.0 Å². The van der Waals surface area contributed by atoms with Crippen LogP contribution in [0.15, 0.2) is 48.5 Å². The van der Waals surface area contributed by atoms with Crippen LogP contribution in [0, 0.1) is 6.92 Å². The lowest BCUT2D eigenvalue weighted by Crippen LogP contribution is -2.52. The van der Waals surface area contributed by atoms with E-state index in [1.807, 2.05) is 44.4 Å². The monoisotopic (exact) mass is 543 g/mol. The van der Waals surface area contributed by atoms with Crippen LogP contribution in [0.2, 0.25) is 0 Å². The summed E-state index contributed by atoms with van der Waals surface area (Å²) in [6.45, 7) is 9.52. The van der Waals surface area contributed by atoms with Crippen LogP contribution in [0.3, 0.4) is 0 Å². The van der Waals surface area contributed by atoms with Gasteiger partial charge in [0.25, 0.3) is 5.91 Å². The van der Waals surface area contributed by atoms with Gasteiger partial charge in [-0.3, -0.25) is 9.59 Å². The number of benzene rings is 2. The lowest BCUT2D eigenvalue weighted by Gasteiger charge is -2.35. The minimum absolute atomic E-state index is 0.329. The highest BCUT2D eigenvalue weighted by atomic mass is 32.2. The summed E-state index contributed by atoms with van der Waals surface area (Å²) in [6, 6.07) is 12.8. The predicted molar refractivity (Wildman–Crippen MR) is 154 cm³/mol. The third-order valence-electron chi connectivity index (χ3n) is 5.75. The predicted octanol–water partition coefficient (Wildman–Crippen LogP) is 5.57. The van der Waals surface area contributed by atoms with E-state index in [1.165, 1.54) is 0 Å². The molecule has 2 N–H and O–H groups in total. The minimum atomic E-state index is -0.900. The zero-order valence-corrected chi connectivity index (χ0v) is 24.3. The largest absolute Gasteiger partial charge is 0.497 e. The molecule has 0 saturated carbocycles. The maximum absolute atomic E-state index is 14.1. The molecule has 0 aliphatic rings. The van der Waals surface area contributed by atoms with Crippen molar-refractivity contribution < 1.29 is 23.9 Å². The molecular weight excluding hydrogens is 502 g/mol. The van der Waals surface area contributed by atoms with Crippen LogP contribution < -0.4 is 15.4 Å². The standard InChI is InChI=1S/C29H41N3O5S/c1-8-18-32(27(34)24(17-19-38-7)31-28(35)37-29(3,4)5)25(23-12-10-9-11-20(23)2)26(33)30-21-13-15-22(36-6)16-14-21/h9-16,24-25H,8,17-19H2,1-7H3,(H,30,33)(H,31,35). The summed E-state index contributed by atoms with van der Waals surface area (Å²) in [5.41, 5.74) is 1.49. The molecule has 0 spiro atoms. The molecule has 0 aliphatic carbocycles. The number of rotatable bonds is 12. The van der Waals surface area contributed by atoms with E-state index in [0.29, 0.717) is 36.6 Å². The van der Waals surface area contributed by atoms with E-state index >= 15 is 0 Å². The summed E-state index contributed by atoms with van der Waals surface area (Å²) in [6.07, 6.45) is 2.31. The number of ether oxygens (including phenoxy) is 2. The molecule has 0 aliphatic heterocycles. The van der Waals surface area contributed by atoms with Crippen molar-refractivity contribution in [2.45, 2.75) is 65.1 Å². The second-order valence-corrected chi connectivity index (χ2v) is 11.0. The number of thioether (sulfide) groups is 1. The van der Waals surface area contributed by atoms with Crippen LogP contribution in [-0.4, -0.2) is 60.1 Å². The molecule has 0 aromatic heterocycles. The van der Waals surface area contributed by atoms with Crippen molar-refractivity contribution in [2.24, 2.45) is 0 Å². The van der Waals surface area contributed by atoms with Gasteiger partial charge in [-0.1, -0.05) is 31.2 Å². The molecule has 0 saturated heterocycles. The summed E-state index contributed by atoms with van der Waals surface area (Å²) < 4.78 is 10.6. The molecule has 2 atom stereocenters. The average Bonchev–Trinajstić information content (AvgIpc) is 2.86. The van der Waals surface area contributed by atoms with Crippen LogP contribution in [0.1, 0.15) is 57.7 Å². The molecular formula is C29H41N3O5S. The van der Waals surface area contributed by atoms with E-state index in [9.17, 15) is 14.4 Å². The van der Waals surface area contributed by atoms with E-state index < -0.39 is 23.8 Å². The molecule has 0 radical (unpaired) electrons. The summed E-state index contributed by atoms with van der Waals surface area (Å²) in [7, 11) is 1.58. The molecule has 9 heteroatoms. The number of carbonyl (C=O) groups excluding carboxylic acids is 3. The van der Waals surface area contributed by atoms with Crippen LogP contribution in [0.5, 0.6) is 5.75 Å². The van der Waals surface area contributed by atoms with E-state index in [0.717, 1.165) is 11.1 Å². The molecule has 0 fully saturated rings. The zero-order chi connectivity index (χ0) is 28.3. The van der Waals surface area contributed by atoms with Crippen molar-refractivity contribution in [1.82, 2.24) is 10.2 Å². The van der Waals surface area contributed by atoms with Crippen molar-refractivity contribution >= 4 is 35.4 Å². The molecule has 2 unspecified atom stereocenters.